The number of phosphoric acid groups is 1. The first kappa shape index (κ1) is 97.8. The van der Waals surface area contributed by atoms with Crippen LogP contribution < -0.4 is 5.73 Å². The quantitative estimate of drug-likeness (QED) is 0.0264. The molecule has 0 bridgehead atoms. The predicted molar refractivity (Wildman–Crippen MR) is 432 cm³/mol. The predicted octanol–water partition coefficient (Wildman–Crippen LogP) is 30.6. The second-order valence-electron chi connectivity index (χ2n) is 31.2. The van der Waals surface area contributed by atoms with E-state index < -0.39 is 26.5 Å². The number of hydrogen-bond donors (Lipinski definition) is 2. The van der Waals surface area contributed by atoms with Crippen molar-refractivity contribution in [2.45, 2.75) is 521 Å². The Kier molecular flexibility index (Phi) is 84.6. The van der Waals surface area contributed by atoms with E-state index in [9.17, 15) is 19.0 Å². The first-order valence-corrected chi connectivity index (χ1v) is 46.7. The molecule has 2 atom stereocenters. The van der Waals surface area contributed by atoms with Crippen molar-refractivity contribution in [3.05, 3.63) is 12.2 Å². The molecule has 0 amide bonds. The third kappa shape index (κ3) is 85.6. The van der Waals surface area contributed by atoms with Gasteiger partial charge in [0, 0.05) is 19.4 Å². The Balaban J connectivity index is 3.67. The summed E-state index contributed by atoms with van der Waals surface area (Å²) in [7, 11) is -4.39. The molecule has 2 unspecified atom stereocenters. The summed E-state index contributed by atoms with van der Waals surface area (Å²) < 4.78 is 33.4. The highest BCUT2D eigenvalue weighted by atomic mass is 31.2. The number of esters is 2. The molecule has 9 nitrogen and oxygen atoms in total. The fourth-order valence-electron chi connectivity index (χ4n) is 14.5. The van der Waals surface area contributed by atoms with Crippen LogP contribution in [0, 0.1) is 0 Å². The fraction of sp³-hybridized carbons (Fsp3) is 0.955. The van der Waals surface area contributed by atoms with Crippen molar-refractivity contribution in [2.75, 3.05) is 26.4 Å². The van der Waals surface area contributed by atoms with Gasteiger partial charge in [0.05, 0.1) is 13.2 Å². The molecular formula is C89H176NO8P. The van der Waals surface area contributed by atoms with Crippen LogP contribution in [0.1, 0.15) is 515 Å². The fourth-order valence-corrected chi connectivity index (χ4v) is 15.2. The molecule has 0 fully saturated rings. The zero-order valence-electron chi connectivity index (χ0n) is 67.0. The highest BCUT2D eigenvalue weighted by molar-refractivity contribution is 7.47. The number of unbranched alkanes of at least 4 members (excludes halogenated alkanes) is 73. The summed E-state index contributed by atoms with van der Waals surface area (Å²) >= 11 is 0. The highest BCUT2D eigenvalue weighted by Crippen LogP contribution is 2.43. The minimum Gasteiger partial charge on any atom is -0.462 e. The average Bonchev–Trinajstić information content (AvgIpc) is 1.64. The highest BCUT2D eigenvalue weighted by Gasteiger charge is 2.26. The van der Waals surface area contributed by atoms with E-state index >= 15 is 0 Å². The molecule has 0 spiro atoms. The SMILES string of the molecule is CCCCCCCCCC/C=C\CCCCCCCCCCCCCCCCCCCCCCCCCCCC(=O)OC(COC(=O)CCCCCCCCCCCCCCCCCCCCCCCCCCCCCCCCCCCCCCCCCCC)COP(=O)(O)OCCN. The molecule has 0 heterocycles. The first-order valence-electron chi connectivity index (χ1n) is 45.2. The molecule has 10 heteroatoms. The molecule has 0 saturated heterocycles. The summed E-state index contributed by atoms with van der Waals surface area (Å²) in [5, 5.41) is 0. The van der Waals surface area contributed by atoms with Crippen LogP contribution in [0.15, 0.2) is 12.2 Å². The summed E-state index contributed by atoms with van der Waals surface area (Å²) in [5.74, 6) is -0.794. The van der Waals surface area contributed by atoms with Crippen LogP contribution in [-0.2, 0) is 32.7 Å². The Bertz CT molecular complexity index is 1630. The third-order valence-electron chi connectivity index (χ3n) is 21.2. The molecule has 0 aromatic rings. The van der Waals surface area contributed by atoms with Crippen molar-refractivity contribution in [3.63, 3.8) is 0 Å². The molecule has 0 aliphatic rings. The van der Waals surface area contributed by atoms with Gasteiger partial charge in [-0.25, -0.2) is 4.57 Å². The van der Waals surface area contributed by atoms with Gasteiger partial charge in [-0.2, -0.15) is 0 Å². The van der Waals surface area contributed by atoms with Gasteiger partial charge in [0.25, 0.3) is 0 Å². The van der Waals surface area contributed by atoms with E-state index in [2.05, 4.69) is 26.0 Å². The van der Waals surface area contributed by atoms with Crippen molar-refractivity contribution in [3.8, 4) is 0 Å². The van der Waals surface area contributed by atoms with Gasteiger partial charge < -0.3 is 20.1 Å². The minimum atomic E-state index is -4.39. The van der Waals surface area contributed by atoms with Crippen LogP contribution in [0.5, 0.6) is 0 Å². The number of phosphoric ester groups is 1. The number of carbonyl (C=O) groups excluding carboxylic acids is 2. The number of hydrogen-bond acceptors (Lipinski definition) is 8. The van der Waals surface area contributed by atoms with Crippen molar-refractivity contribution < 1.29 is 37.6 Å². The molecule has 0 aliphatic carbocycles. The standard InChI is InChI=1S/C89H176NO8P/c1-3-5-7-9-11-13-15-17-19-21-23-25-27-29-31-33-35-37-39-41-42-43-44-46-47-49-51-53-55-57-59-61-63-65-67-69-71-73-75-77-79-81-88(91)95-85-87(86-97-99(93,94)96-84-83-90)98-89(92)82-80-78-76-74-72-70-68-66-64-62-60-58-56-54-52-50-48-45-40-38-36-34-32-30-28-26-24-22-20-18-16-14-12-10-8-6-4-2/h22,24,87H,3-21,23,25-86,90H2,1-2H3,(H,93,94)/b24-22-. The maximum Gasteiger partial charge on any atom is 0.472 e. The van der Waals surface area contributed by atoms with Gasteiger partial charge in [-0.3, -0.25) is 18.6 Å². The molecular weight excluding hydrogens is 1240 g/mol. The Hall–Kier alpha value is -1.25. The normalized spacial score (nSPS) is 12.7. The van der Waals surface area contributed by atoms with E-state index in [-0.39, 0.29) is 38.6 Å². The largest absolute Gasteiger partial charge is 0.472 e. The Morgan fingerprint density at radius 1 is 0.293 bits per heavy atom. The summed E-state index contributed by atoms with van der Waals surface area (Å²) in [6.45, 7) is 3.86. The zero-order valence-corrected chi connectivity index (χ0v) is 67.9. The molecule has 99 heavy (non-hydrogen) atoms. The summed E-state index contributed by atoms with van der Waals surface area (Å²) in [6, 6.07) is 0. The van der Waals surface area contributed by atoms with Crippen molar-refractivity contribution >= 4 is 19.8 Å². The third-order valence-corrected chi connectivity index (χ3v) is 22.1. The van der Waals surface area contributed by atoms with Gasteiger partial charge in [-0.1, -0.05) is 475 Å². The van der Waals surface area contributed by atoms with Gasteiger partial charge in [0.2, 0.25) is 0 Å². The Morgan fingerprint density at radius 3 is 0.717 bits per heavy atom. The van der Waals surface area contributed by atoms with Gasteiger partial charge in [0.1, 0.15) is 6.61 Å². The Labute approximate surface area is 619 Å². The molecule has 0 aromatic heterocycles. The minimum absolute atomic E-state index is 0.0584. The topological polar surface area (TPSA) is 134 Å². The maximum absolute atomic E-state index is 12.8. The lowest BCUT2D eigenvalue weighted by Gasteiger charge is -2.19. The van der Waals surface area contributed by atoms with Gasteiger partial charge in [0.15, 0.2) is 6.10 Å². The first-order chi connectivity index (χ1) is 48.8. The van der Waals surface area contributed by atoms with Gasteiger partial charge in [-0.05, 0) is 38.5 Å². The molecule has 0 rings (SSSR count). The van der Waals surface area contributed by atoms with Crippen molar-refractivity contribution in [1.82, 2.24) is 0 Å². The molecule has 0 radical (unpaired) electrons. The van der Waals surface area contributed by atoms with Crippen LogP contribution in [0.4, 0.5) is 0 Å². The second-order valence-corrected chi connectivity index (χ2v) is 32.6. The number of rotatable bonds is 88. The van der Waals surface area contributed by atoms with Crippen LogP contribution >= 0.6 is 7.82 Å². The van der Waals surface area contributed by atoms with E-state index in [0.717, 1.165) is 32.1 Å². The van der Waals surface area contributed by atoms with E-state index in [1.54, 1.807) is 0 Å². The Morgan fingerprint density at radius 2 is 0.495 bits per heavy atom. The number of carbonyl (C=O) groups is 2. The van der Waals surface area contributed by atoms with Crippen molar-refractivity contribution in [1.29, 1.82) is 0 Å². The van der Waals surface area contributed by atoms with Gasteiger partial charge >= 0.3 is 19.8 Å². The summed E-state index contributed by atoms with van der Waals surface area (Å²) in [4.78, 5) is 35.5. The molecule has 590 valence electrons. The molecule has 3 N–H and O–H groups in total. The lowest BCUT2D eigenvalue weighted by Crippen LogP contribution is -2.29. The van der Waals surface area contributed by atoms with Crippen LogP contribution in [-0.4, -0.2) is 49.3 Å². The lowest BCUT2D eigenvalue weighted by atomic mass is 10.0. The van der Waals surface area contributed by atoms with Crippen LogP contribution in [0.2, 0.25) is 0 Å². The van der Waals surface area contributed by atoms with E-state index in [1.807, 2.05) is 0 Å². The average molecular weight is 1420 g/mol. The van der Waals surface area contributed by atoms with Crippen LogP contribution in [0.25, 0.3) is 0 Å². The zero-order chi connectivity index (χ0) is 71.5. The molecule has 0 aromatic carbocycles. The number of allylic oxidation sites excluding steroid dienone is 2. The van der Waals surface area contributed by atoms with E-state index in [0.29, 0.717) is 6.42 Å². The molecule has 0 aliphatic heterocycles. The summed E-state index contributed by atoms with van der Waals surface area (Å²) in [5.41, 5.74) is 5.43. The van der Waals surface area contributed by atoms with Gasteiger partial charge in [-0.15, -0.1) is 0 Å². The maximum atomic E-state index is 12.8. The number of ether oxygens (including phenoxy) is 2. The monoisotopic (exact) mass is 1420 g/mol. The second kappa shape index (κ2) is 85.7. The summed E-state index contributed by atoms with van der Waals surface area (Å²) in [6.07, 6.45) is 108. The van der Waals surface area contributed by atoms with Crippen molar-refractivity contribution in [2.24, 2.45) is 5.73 Å². The smallest absolute Gasteiger partial charge is 0.462 e. The van der Waals surface area contributed by atoms with Crippen LogP contribution in [0.3, 0.4) is 0 Å². The van der Waals surface area contributed by atoms with E-state index in [1.165, 1.54) is 449 Å². The molecule has 0 saturated carbocycles. The lowest BCUT2D eigenvalue weighted by molar-refractivity contribution is -0.161. The van der Waals surface area contributed by atoms with E-state index in [4.69, 9.17) is 24.3 Å². The number of nitrogens with two attached hydrogens (primary N) is 1.